The van der Waals surface area contributed by atoms with Crippen LogP contribution in [0, 0.1) is 5.92 Å². The van der Waals surface area contributed by atoms with Crippen LogP contribution in [0.15, 0.2) is 0 Å². The summed E-state index contributed by atoms with van der Waals surface area (Å²) in [5.41, 5.74) is 0.249. The van der Waals surface area contributed by atoms with Gasteiger partial charge < -0.3 is 5.32 Å². The molecule has 1 saturated carbocycles. The largest absolute Gasteiger partial charge is 0.311 e. The first-order chi connectivity index (χ1) is 7.97. The van der Waals surface area contributed by atoms with E-state index < -0.39 is 0 Å². The minimum Gasteiger partial charge on any atom is -0.311 e. The van der Waals surface area contributed by atoms with Gasteiger partial charge in [0.2, 0.25) is 0 Å². The van der Waals surface area contributed by atoms with Crippen molar-refractivity contribution in [1.82, 2.24) is 10.2 Å². The van der Waals surface area contributed by atoms with Gasteiger partial charge in [0, 0.05) is 24.2 Å². The fraction of sp³-hybridized carbons (Fsp3) is 1.00. The Labute approximate surface area is 107 Å². The SMILES string of the molecule is CC(CNC(C)(C)C)N1CCCC2CCCC21. The van der Waals surface area contributed by atoms with E-state index in [9.17, 15) is 0 Å². The molecule has 2 nitrogen and oxygen atoms in total. The molecule has 1 aliphatic heterocycles. The van der Waals surface area contributed by atoms with E-state index in [1.54, 1.807) is 0 Å². The molecule has 1 aliphatic carbocycles. The lowest BCUT2D eigenvalue weighted by Gasteiger charge is -2.42. The molecule has 2 aliphatic rings. The topological polar surface area (TPSA) is 15.3 Å². The highest BCUT2D eigenvalue weighted by molar-refractivity contribution is 4.92. The van der Waals surface area contributed by atoms with Gasteiger partial charge in [0.1, 0.15) is 0 Å². The molecule has 0 aromatic carbocycles. The lowest BCUT2D eigenvalue weighted by molar-refractivity contribution is 0.0716. The zero-order valence-corrected chi connectivity index (χ0v) is 12.1. The Bertz CT molecular complexity index is 244. The van der Waals surface area contributed by atoms with Crippen molar-refractivity contribution >= 4 is 0 Å². The van der Waals surface area contributed by atoms with Crippen molar-refractivity contribution in [2.24, 2.45) is 5.92 Å². The van der Waals surface area contributed by atoms with Crippen LogP contribution in [0.5, 0.6) is 0 Å². The first-order valence-electron chi connectivity index (χ1n) is 7.48. The quantitative estimate of drug-likeness (QED) is 0.813. The van der Waals surface area contributed by atoms with Crippen LogP contribution in [0.1, 0.15) is 59.8 Å². The van der Waals surface area contributed by atoms with Crippen LogP contribution in [-0.2, 0) is 0 Å². The van der Waals surface area contributed by atoms with Crippen LogP contribution in [0.4, 0.5) is 0 Å². The fourth-order valence-electron chi connectivity index (χ4n) is 3.61. The lowest BCUT2D eigenvalue weighted by Crippen LogP contribution is -2.52. The number of hydrogen-bond donors (Lipinski definition) is 1. The summed E-state index contributed by atoms with van der Waals surface area (Å²) in [4.78, 5) is 2.79. The number of hydrogen-bond acceptors (Lipinski definition) is 2. The number of likely N-dealkylation sites (tertiary alicyclic amines) is 1. The van der Waals surface area contributed by atoms with E-state index in [2.05, 4.69) is 37.9 Å². The summed E-state index contributed by atoms with van der Waals surface area (Å²) >= 11 is 0. The molecule has 1 heterocycles. The normalized spacial score (nSPS) is 32.5. The van der Waals surface area contributed by atoms with Crippen molar-refractivity contribution in [3.63, 3.8) is 0 Å². The van der Waals surface area contributed by atoms with Gasteiger partial charge in [-0.25, -0.2) is 0 Å². The average molecular weight is 238 g/mol. The molecule has 100 valence electrons. The molecule has 2 rings (SSSR count). The van der Waals surface area contributed by atoms with E-state index in [0.29, 0.717) is 6.04 Å². The molecule has 2 fully saturated rings. The van der Waals surface area contributed by atoms with E-state index in [4.69, 9.17) is 0 Å². The molecule has 3 unspecified atom stereocenters. The molecule has 0 radical (unpaired) electrons. The maximum Gasteiger partial charge on any atom is 0.0195 e. The molecule has 0 spiro atoms. The van der Waals surface area contributed by atoms with Crippen LogP contribution in [-0.4, -0.2) is 35.6 Å². The van der Waals surface area contributed by atoms with Crippen molar-refractivity contribution in [3.05, 3.63) is 0 Å². The van der Waals surface area contributed by atoms with E-state index in [-0.39, 0.29) is 5.54 Å². The van der Waals surface area contributed by atoms with E-state index in [1.165, 1.54) is 38.6 Å². The van der Waals surface area contributed by atoms with Crippen molar-refractivity contribution in [3.8, 4) is 0 Å². The molecule has 2 heteroatoms. The second-order valence-electron chi connectivity index (χ2n) is 7.12. The molecular weight excluding hydrogens is 208 g/mol. The molecule has 1 N–H and O–H groups in total. The summed E-state index contributed by atoms with van der Waals surface area (Å²) in [6, 6.07) is 1.60. The van der Waals surface area contributed by atoms with Crippen molar-refractivity contribution in [2.45, 2.75) is 77.4 Å². The van der Waals surface area contributed by atoms with Crippen molar-refractivity contribution in [2.75, 3.05) is 13.1 Å². The van der Waals surface area contributed by atoms with Gasteiger partial charge in [-0.3, -0.25) is 4.90 Å². The number of nitrogens with one attached hydrogen (secondary N) is 1. The van der Waals surface area contributed by atoms with Gasteiger partial charge >= 0.3 is 0 Å². The monoisotopic (exact) mass is 238 g/mol. The zero-order valence-electron chi connectivity index (χ0n) is 12.1. The van der Waals surface area contributed by atoms with Crippen LogP contribution < -0.4 is 5.32 Å². The standard InChI is InChI=1S/C15H30N2/c1-12(11-16-15(2,3)4)17-10-6-8-13-7-5-9-14(13)17/h12-14,16H,5-11H2,1-4H3. The highest BCUT2D eigenvalue weighted by atomic mass is 15.2. The second-order valence-corrected chi connectivity index (χ2v) is 7.12. The summed E-state index contributed by atoms with van der Waals surface area (Å²) in [7, 11) is 0. The molecule has 0 amide bonds. The van der Waals surface area contributed by atoms with Gasteiger partial charge in [0.05, 0.1) is 0 Å². The summed E-state index contributed by atoms with van der Waals surface area (Å²) in [5.74, 6) is 1.01. The second kappa shape index (κ2) is 5.27. The highest BCUT2D eigenvalue weighted by Gasteiger charge is 2.36. The number of fused-ring (bicyclic) bond motifs is 1. The summed E-state index contributed by atoms with van der Waals surface area (Å²) in [6.45, 7) is 11.6. The Morgan fingerprint density at radius 1 is 1.18 bits per heavy atom. The molecule has 17 heavy (non-hydrogen) atoms. The Hall–Kier alpha value is -0.0800. The Morgan fingerprint density at radius 3 is 2.59 bits per heavy atom. The molecule has 0 aromatic rings. The third-order valence-electron chi connectivity index (χ3n) is 4.53. The van der Waals surface area contributed by atoms with Crippen LogP contribution >= 0.6 is 0 Å². The number of nitrogens with zero attached hydrogens (tertiary/aromatic N) is 1. The predicted molar refractivity (Wildman–Crippen MR) is 74.3 cm³/mol. The molecule has 0 aromatic heterocycles. The van der Waals surface area contributed by atoms with E-state index in [0.717, 1.165) is 18.5 Å². The first-order valence-corrected chi connectivity index (χ1v) is 7.48. The Balaban J connectivity index is 1.87. The summed E-state index contributed by atoms with van der Waals surface area (Å²) in [5, 5.41) is 3.66. The Morgan fingerprint density at radius 2 is 1.88 bits per heavy atom. The molecule has 1 saturated heterocycles. The fourth-order valence-corrected chi connectivity index (χ4v) is 3.61. The van der Waals surface area contributed by atoms with Gasteiger partial charge in [0.15, 0.2) is 0 Å². The molecular formula is C15H30N2. The average Bonchev–Trinajstić information content (AvgIpc) is 2.72. The zero-order chi connectivity index (χ0) is 12.5. The Kier molecular flexibility index (Phi) is 4.14. The highest BCUT2D eigenvalue weighted by Crippen LogP contribution is 2.37. The van der Waals surface area contributed by atoms with E-state index >= 15 is 0 Å². The minimum absolute atomic E-state index is 0.249. The maximum atomic E-state index is 3.66. The third kappa shape index (κ3) is 3.45. The predicted octanol–water partition coefficient (Wildman–Crippen LogP) is 3.03. The van der Waals surface area contributed by atoms with Gasteiger partial charge in [-0.05, 0) is 65.8 Å². The van der Waals surface area contributed by atoms with E-state index in [1.807, 2.05) is 0 Å². The molecule has 0 bridgehead atoms. The summed E-state index contributed by atoms with van der Waals surface area (Å²) in [6.07, 6.45) is 7.30. The van der Waals surface area contributed by atoms with Crippen molar-refractivity contribution < 1.29 is 0 Å². The van der Waals surface area contributed by atoms with Crippen LogP contribution in [0.3, 0.4) is 0 Å². The van der Waals surface area contributed by atoms with Gasteiger partial charge in [0.25, 0.3) is 0 Å². The van der Waals surface area contributed by atoms with Crippen LogP contribution in [0.25, 0.3) is 0 Å². The maximum absolute atomic E-state index is 3.66. The van der Waals surface area contributed by atoms with Gasteiger partial charge in [-0.1, -0.05) is 6.42 Å². The molecule has 3 atom stereocenters. The minimum atomic E-state index is 0.249. The smallest absolute Gasteiger partial charge is 0.0195 e. The summed E-state index contributed by atoms with van der Waals surface area (Å²) < 4.78 is 0. The number of rotatable bonds is 3. The van der Waals surface area contributed by atoms with Gasteiger partial charge in [-0.15, -0.1) is 0 Å². The van der Waals surface area contributed by atoms with Crippen LogP contribution in [0.2, 0.25) is 0 Å². The van der Waals surface area contributed by atoms with Crippen molar-refractivity contribution in [1.29, 1.82) is 0 Å². The first kappa shape index (κ1) is 13.4. The third-order valence-corrected chi connectivity index (χ3v) is 4.53. The lowest BCUT2D eigenvalue weighted by atomic mass is 9.90. The number of piperidine rings is 1. The van der Waals surface area contributed by atoms with Gasteiger partial charge in [-0.2, -0.15) is 0 Å².